The van der Waals surface area contributed by atoms with E-state index in [0.29, 0.717) is 0 Å². The third-order valence-corrected chi connectivity index (χ3v) is 0. The van der Waals surface area contributed by atoms with Gasteiger partial charge in [0.25, 0.3) is 0 Å². The molecule has 5 heavy (non-hydrogen) atoms. The van der Waals surface area contributed by atoms with E-state index in [0.717, 1.165) is 0 Å². The van der Waals surface area contributed by atoms with Gasteiger partial charge in [-0.1, -0.05) is 0 Å². The molecule has 0 fully saturated rings. The summed E-state index contributed by atoms with van der Waals surface area (Å²) in [4.78, 5) is 1.72. The van der Waals surface area contributed by atoms with Crippen molar-refractivity contribution in [3.63, 3.8) is 0 Å². The fourth-order valence-electron chi connectivity index (χ4n) is 0. The van der Waals surface area contributed by atoms with E-state index in [4.69, 9.17) is 0 Å². The van der Waals surface area contributed by atoms with E-state index < -0.39 is 0 Å². The van der Waals surface area contributed by atoms with Crippen molar-refractivity contribution in [3.05, 3.63) is 0 Å². The van der Waals surface area contributed by atoms with Crippen molar-refractivity contribution in [3.8, 4) is 0 Å². The number of nitrogens with one attached hydrogen (secondary N) is 1. The molecule has 5 N–H and O–H groups in total. The zero-order valence-corrected chi connectivity index (χ0v) is 5.71. The predicted octanol–water partition coefficient (Wildman–Crippen LogP) is -1.60. The van der Waals surface area contributed by atoms with Gasteiger partial charge >= 0.3 is 0 Å². The molecule has 0 unspecified atom stereocenters. The molecule has 0 spiro atoms. The fourth-order valence-corrected chi connectivity index (χ4v) is 0. The van der Waals surface area contributed by atoms with Gasteiger partial charge in [0.2, 0.25) is 0 Å². The number of hydrazine groups is 1. The normalized spacial score (nSPS) is 3.60. The third kappa shape index (κ3) is 38.0. The van der Waals surface area contributed by atoms with Crippen LogP contribution >= 0.6 is 11.8 Å². The van der Waals surface area contributed by atoms with Crippen LogP contribution in [0.1, 0.15) is 0 Å². The van der Waals surface area contributed by atoms with Gasteiger partial charge in [-0.3, -0.25) is 5.84 Å². The number of rotatable bonds is 0. The SMILES string of the molecule is NNCl.O.[Na]. The monoisotopic (exact) mass is 107 g/mol. The predicted molar refractivity (Wildman–Crippen MR) is 22.5 cm³/mol. The topological polar surface area (TPSA) is 69.5 Å². The Morgan fingerprint density at radius 3 is 1.60 bits per heavy atom. The maximum absolute atomic E-state index is 4.53. The molecular formula is H5ClN2NaO. The van der Waals surface area contributed by atoms with Gasteiger partial charge < -0.3 is 5.48 Å². The third-order valence-electron chi connectivity index (χ3n) is 0. The molecule has 0 aliphatic heterocycles. The van der Waals surface area contributed by atoms with Gasteiger partial charge in [-0.2, -0.15) is 4.94 Å². The van der Waals surface area contributed by atoms with Crippen LogP contribution in [0.3, 0.4) is 0 Å². The van der Waals surface area contributed by atoms with E-state index in [9.17, 15) is 0 Å². The Morgan fingerprint density at radius 2 is 1.60 bits per heavy atom. The molecule has 0 atom stereocenters. The minimum absolute atomic E-state index is 0. The molecule has 5 heteroatoms. The van der Waals surface area contributed by atoms with Crippen molar-refractivity contribution in [1.29, 1.82) is 0 Å². The molecule has 0 rings (SSSR count). The van der Waals surface area contributed by atoms with Crippen LogP contribution in [0.2, 0.25) is 0 Å². The second-order valence-electron chi connectivity index (χ2n) is 0.109. The molecule has 0 aliphatic carbocycles. The first kappa shape index (κ1) is 16.4. The van der Waals surface area contributed by atoms with Crippen molar-refractivity contribution in [2.24, 2.45) is 5.84 Å². The molecule has 29 valence electrons. The maximum Gasteiger partial charge on any atom is 0 e. The molecule has 0 saturated heterocycles. The summed E-state index contributed by atoms with van der Waals surface area (Å²) in [6.07, 6.45) is 0. The molecule has 0 bridgehead atoms. The molecule has 0 aromatic heterocycles. The van der Waals surface area contributed by atoms with E-state index >= 15 is 0 Å². The van der Waals surface area contributed by atoms with Gasteiger partial charge in [-0.25, -0.2) is 0 Å². The Labute approximate surface area is 57.5 Å². The summed E-state index contributed by atoms with van der Waals surface area (Å²) in [6.45, 7) is 0. The summed E-state index contributed by atoms with van der Waals surface area (Å²) >= 11 is 4.53. The first-order valence-electron chi connectivity index (χ1n) is 0.478. The summed E-state index contributed by atoms with van der Waals surface area (Å²) in [6, 6.07) is 0. The molecule has 0 aliphatic rings. The summed E-state index contributed by atoms with van der Waals surface area (Å²) in [5.74, 6) is 4.36. The van der Waals surface area contributed by atoms with Crippen LogP contribution in [0.25, 0.3) is 0 Å². The molecule has 0 saturated carbocycles. The van der Waals surface area contributed by atoms with E-state index in [1.54, 1.807) is 4.94 Å². The number of halogens is 1. The summed E-state index contributed by atoms with van der Waals surface area (Å²) in [5.41, 5.74) is 0. The quantitative estimate of drug-likeness (QED) is 0.169. The smallest absolute Gasteiger partial charge is 0 e. The van der Waals surface area contributed by atoms with E-state index in [2.05, 4.69) is 17.6 Å². The van der Waals surface area contributed by atoms with Crippen LogP contribution in [0.15, 0.2) is 0 Å². The van der Waals surface area contributed by atoms with Gasteiger partial charge in [0.05, 0.1) is 0 Å². The van der Waals surface area contributed by atoms with Crippen molar-refractivity contribution < 1.29 is 5.48 Å². The number of nitrogens with two attached hydrogens (primary N) is 1. The van der Waals surface area contributed by atoms with Crippen LogP contribution in [0, 0.1) is 0 Å². The second kappa shape index (κ2) is 19.1. The minimum atomic E-state index is 0. The summed E-state index contributed by atoms with van der Waals surface area (Å²) < 4.78 is 0. The van der Waals surface area contributed by atoms with Crippen molar-refractivity contribution in [1.82, 2.24) is 4.94 Å². The van der Waals surface area contributed by atoms with Gasteiger partial charge in [0.1, 0.15) is 0 Å². The number of hydrogen-bond donors (Lipinski definition) is 2. The average molecular weight is 107 g/mol. The van der Waals surface area contributed by atoms with Gasteiger partial charge in [0, 0.05) is 29.6 Å². The second-order valence-corrected chi connectivity index (χ2v) is 0.327. The van der Waals surface area contributed by atoms with Crippen LogP contribution in [0.4, 0.5) is 0 Å². The zero-order valence-electron chi connectivity index (χ0n) is 2.96. The first-order valence-corrected chi connectivity index (χ1v) is 0.856. The molecule has 0 amide bonds. The maximum atomic E-state index is 4.53. The Balaban J connectivity index is -0.0000000200. The Bertz CT molecular complexity index is 9.61. The molecule has 1 radical (unpaired) electrons. The minimum Gasteiger partial charge on any atom is -0.412 e. The van der Waals surface area contributed by atoms with Crippen molar-refractivity contribution >= 4 is 41.3 Å². The first-order chi connectivity index (χ1) is 1.41. The summed E-state index contributed by atoms with van der Waals surface area (Å²) in [7, 11) is 0. The Morgan fingerprint density at radius 1 is 1.60 bits per heavy atom. The summed E-state index contributed by atoms with van der Waals surface area (Å²) in [5, 5.41) is 0. The van der Waals surface area contributed by atoms with E-state index in [1.807, 2.05) is 0 Å². The molecule has 0 heterocycles. The van der Waals surface area contributed by atoms with Gasteiger partial charge in [-0.05, 0) is 11.8 Å². The zero-order chi connectivity index (χ0) is 2.71. The number of hydrogen-bond acceptors (Lipinski definition) is 2. The molecular weight excluding hydrogens is 102 g/mol. The average Bonchev–Trinajstić information content (AvgIpc) is 0.918. The van der Waals surface area contributed by atoms with Crippen molar-refractivity contribution in [2.45, 2.75) is 0 Å². The van der Waals surface area contributed by atoms with Crippen molar-refractivity contribution in [2.75, 3.05) is 0 Å². The molecule has 3 nitrogen and oxygen atoms in total. The molecule has 0 aromatic carbocycles. The van der Waals surface area contributed by atoms with E-state index in [1.165, 1.54) is 0 Å². The van der Waals surface area contributed by atoms with Crippen LogP contribution in [-0.4, -0.2) is 35.0 Å². The van der Waals surface area contributed by atoms with Crippen LogP contribution in [-0.2, 0) is 0 Å². The standard InChI is InChI=1S/ClH3N2.Na.H2O/c1-3-2;;/h3H,2H2;;1H2. The largest absolute Gasteiger partial charge is 0.412 e. The fraction of sp³-hybridized carbons (Fsp3) is 0. The van der Waals surface area contributed by atoms with Crippen LogP contribution in [0.5, 0.6) is 0 Å². The Kier molecular flexibility index (Phi) is 62.7. The van der Waals surface area contributed by atoms with Gasteiger partial charge in [0.15, 0.2) is 0 Å². The van der Waals surface area contributed by atoms with E-state index in [-0.39, 0.29) is 35.0 Å². The molecule has 0 aromatic rings. The van der Waals surface area contributed by atoms with Gasteiger partial charge in [-0.15, -0.1) is 0 Å². The Hall–Kier alpha value is 1.17. The van der Waals surface area contributed by atoms with Crippen LogP contribution < -0.4 is 10.8 Å².